The van der Waals surface area contributed by atoms with E-state index >= 15 is 0 Å². The molecule has 2 N–H and O–H groups in total. The van der Waals surface area contributed by atoms with Gasteiger partial charge in [-0.25, -0.2) is 8.42 Å². The molecule has 0 aromatic heterocycles. The second-order valence-electron chi connectivity index (χ2n) is 6.17. The monoisotopic (exact) mass is 468 g/mol. The molecule has 9 heteroatoms. The Bertz CT molecular complexity index is 1180. The largest absolute Gasteiger partial charge is 0.322 e. The Morgan fingerprint density at radius 2 is 1.59 bits per heavy atom. The molecule has 0 fully saturated rings. The van der Waals surface area contributed by atoms with Crippen LogP contribution in [0.4, 0.5) is 11.4 Å². The Hall–Kier alpha value is -2.25. The minimum Gasteiger partial charge on any atom is -0.322 e. The number of sulfonamides is 1. The number of anilines is 2. The lowest BCUT2D eigenvalue weighted by atomic mass is 10.1. The summed E-state index contributed by atoms with van der Waals surface area (Å²) in [6.07, 6.45) is 0. The number of nitrogens with one attached hydrogen (secondary N) is 2. The molecule has 0 aliphatic rings. The summed E-state index contributed by atoms with van der Waals surface area (Å²) in [5.41, 5.74) is 1.86. The van der Waals surface area contributed by atoms with E-state index in [1.165, 1.54) is 30.3 Å². The first kappa shape index (κ1) is 21.5. The van der Waals surface area contributed by atoms with Crippen molar-refractivity contribution in [3.8, 4) is 0 Å². The van der Waals surface area contributed by atoms with Gasteiger partial charge in [0.25, 0.3) is 15.9 Å². The summed E-state index contributed by atoms with van der Waals surface area (Å²) in [5.74, 6) is -0.394. The van der Waals surface area contributed by atoms with Crippen molar-refractivity contribution in [1.82, 2.24) is 0 Å². The first-order valence-corrected chi connectivity index (χ1v) is 10.9. The summed E-state index contributed by atoms with van der Waals surface area (Å²) in [4.78, 5) is 12.4. The Morgan fingerprint density at radius 1 is 0.897 bits per heavy atom. The number of hydrogen-bond acceptors (Lipinski definition) is 3. The quantitative estimate of drug-likeness (QED) is 0.480. The van der Waals surface area contributed by atoms with Crippen LogP contribution in [0.25, 0.3) is 0 Å². The standard InChI is InChI=1S/C20H15Cl3N2O3S/c1-12-5-10-15(17(22)11-12)20(26)24-13-6-8-14(9-7-13)29(27,28)25-18-4-2-3-16(21)19(18)23/h2-11,25H,1H3,(H,24,26). The van der Waals surface area contributed by atoms with Crippen LogP contribution in [0.1, 0.15) is 15.9 Å². The van der Waals surface area contributed by atoms with Crippen molar-refractivity contribution in [2.24, 2.45) is 0 Å². The molecule has 0 aliphatic carbocycles. The highest BCUT2D eigenvalue weighted by atomic mass is 35.5. The van der Waals surface area contributed by atoms with Crippen LogP contribution in [0.3, 0.4) is 0 Å². The van der Waals surface area contributed by atoms with Crippen LogP contribution in [0.2, 0.25) is 15.1 Å². The fraction of sp³-hybridized carbons (Fsp3) is 0.0500. The highest BCUT2D eigenvalue weighted by molar-refractivity contribution is 7.92. The molecule has 29 heavy (non-hydrogen) atoms. The fourth-order valence-corrected chi connectivity index (χ4v) is 4.30. The molecule has 3 rings (SSSR count). The Labute approximate surface area is 183 Å². The van der Waals surface area contributed by atoms with Gasteiger partial charge < -0.3 is 5.32 Å². The number of rotatable bonds is 5. The molecule has 0 spiro atoms. The average molecular weight is 470 g/mol. The lowest BCUT2D eigenvalue weighted by molar-refractivity contribution is 0.102. The molecular formula is C20H15Cl3N2O3S. The summed E-state index contributed by atoms with van der Waals surface area (Å²) in [7, 11) is -3.89. The van der Waals surface area contributed by atoms with Gasteiger partial charge in [0.2, 0.25) is 0 Å². The number of hydrogen-bond donors (Lipinski definition) is 2. The molecule has 1 amide bonds. The van der Waals surface area contributed by atoms with Gasteiger partial charge in [-0.3, -0.25) is 9.52 Å². The van der Waals surface area contributed by atoms with Crippen molar-refractivity contribution in [3.63, 3.8) is 0 Å². The molecule has 5 nitrogen and oxygen atoms in total. The molecule has 3 aromatic carbocycles. The molecule has 0 radical (unpaired) electrons. The van der Waals surface area contributed by atoms with E-state index in [2.05, 4.69) is 10.0 Å². The van der Waals surface area contributed by atoms with Crippen molar-refractivity contribution in [2.75, 3.05) is 10.0 Å². The first-order chi connectivity index (χ1) is 13.7. The third-order valence-electron chi connectivity index (χ3n) is 3.99. The van der Waals surface area contributed by atoms with Crippen molar-refractivity contribution < 1.29 is 13.2 Å². The van der Waals surface area contributed by atoms with Crippen LogP contribution in [0.15, 0.2) is 65.6 Å². The zero-order valence-corrected chi connectivity index (χ0v) is 18.1. The molecule has 0 aliphatic heterocycles. The number of amides is 1. The first-order valence-electron chi connectivity index (χ1n) is 8.32. The predicted molar refractivity (Wildman–Crippen MR) is 118 cm³/mol. The maximum Gasteiger partial charge on any atom is 0.261 e. The molecule has 150 valence electrons. The predicted octanol–water partition coefficient (Wildman–Crippen LogP) is 6.01. The van der Waals surface area contributed by atoms with Gasteiger partial charge in [0.05, 0.1) is 31.2 Å². The van der Waals surface area contributed by atoms with E-state index in [-0.39, 0.29) is 20.6 Å². The molecule has 3 aromatic rings. The summed E-state index contributed by atoms with van der Waals surface area (Å²) < 4.78 is 27.6. The van der Waals surface area contributed by atoms with Gasteiger partial charge in [-0.2, -0.15) is 0 Å². The van der Waals surface area contributed by atoms with Crippen LogP contribution >= 0.6 is 34.8 Å². The molecule has 0 unspecified atom stereocenters. The minimum atomic E-state index is -3.89. The molecule has 0 atom stereocenters. The van der Waals surface area contributed by atoms with Crippen LogP contribution in [0, 0.1) is 6.92 Å². The van der Waals surface area contributed by atoms with Gasteiger partial charge in [-0.15, -0.1) is 0 Å². The van der Waals surface area contributed by atoms with Crippen LogP contribution in [0.5, 0.6) is 0 Å². The van der Waals surface area contributed by atoms with E-state index in [1.54, 1.807) is 30.3 Å². The summed E-state index contributed by atoms with van der Waals surface area (Å²) in [6.45, 7) is 1.87. The SMILES string of the molecule is Cc1ccc(C(=O)Nc2ccc(S(=O)(=O)Nc3cccc(Cl)c3Cl)cc2)c(Cl)c1. The van der Waals surface area contributed by atoms with Gasteiger partial charge in [0.15, 0.2) is 0 Å². The third kappa shape index (κ3) is 5.03. The maximum absolute atomic E-state index is 12.6. The van der Waals surface area contributed by atoms with Crippen LogP contribution < -0.4 is 10.0 Å². The summed E-state index contributed by atoms with van der Waals surface area (Å²) in [6, 6.07) is 15.4. The molecule has 0 saturated heterocycles. The van der Waals surface area contributed by atoms with Crippen molar-refractivity contribution in [1.29, 1.82) is 0 Å². The summed E-state index contributed by atoms with van der Waals surface area (Å²) in [5, 5.41) is 3.37. The zero-order valence-electron chi connectivity index (χ0n) is 15.0. The van der Waals surface area contributed by atoms with E-state index in [9.17, 15) is 13.2 Å². The van der Waals surface area contributed by atoms with Gasteiger partial charge in [-0.05, 0) is 61.0 Å². The number of carbonyl (C=O) groups excluding carboxylic acids is 1. The van der Waals surface area contributed by atoms with Gasteiger partial charge >= 0.3 is 0 Å². The lowest BCUT2D eigenvalue weighted by Gasteiger charge is -2.11. The van der Waals surface area contributed by atoms with E-state index in [1.807, 2.05) is 6.92 Å². The highest BCUT2D eigenvalue weighted by Gasteiger charge is 2.17. The van der Waals surface area contributed by atoms with E-state index in [4.69, 9.17) is 34.8 Å². The fourth-order valence-electron chi connectivity index (χ4n) is 2.51. The average Bonchev–Trinajstić information content (AvgIpc) is 2.65. The maximum atomic E-state index is 12.6. The smallest absolute Gasteiger partial charge is 0.261 e. The van der Waals surface area contributed by atoms with Crippen LogP contribution in [-0.4, -0.2) is 14.3 Å². The number of aryl methyl sites for hydroxylation is 1. The van der Waals surface area contributed by atoms with Crippen molar-refractivity contribution in [2.45, 2.75) is 11.8 Å². The number of halogens is 3. The minimum absolute atomic E-state index is 0.0000838. The summed E-state index contributed by atoms with van der Waals surface area (Å²) >= 11 is 18.1. The van der Waals surface area contributed by atoms with E-state index in [0.29, 0.717) is 16.3 Å². The topological polar surface area (TPSA) is 75.3 Å². The van der Waals surface area contributed by atoms with Gasteiger partial charge in [0, 0.05) is 5.69 Å². The highest BCUT2D eigenvalue weighted by Crippen LogP contribution is 2.31. The second-order valence-corrected chi connectivity index (χ2v) is 9.04. The number of carbonyl (C=O) groups is 1. The third-order valence-corrected chi connectivity index (χ3v) is 6.50. The van der Waals surface area contributed by atoms with Crippen LogP contribution in [-0.2, 0) is 10.0 Å². The number of benzene rings is 3. The molecule has 0 bridgehead atoms. The lowest BCUT2D eigenvalue weighted by Crippen LogP contribution is -2.14. The Morgan fingerprint density at radius 3 is 2.24 bits per heavy atom. The molecule has 0 heterocycles. The van der Waals surface area contributed by atoms with Gasteiger partial charge in [0.1, 0.15) is 0 Å². The van der Waals surface area contributed by atoms with E-state index in [0.717, 1.165) is 5.56 Å². The molecular weight excluding hydrogens is 455 g/mol. The zero-order chi connectivity index (χ0) is 21.2. The second kappa shape index (κ2) is 8.63. The normalized spacial score (nSPS) is 11.2. The Balaban J connectivity index is 1.77. The van der Waals surface area contributed by atoms with Gasteiger partial charge in [-0.1, -0.05) is 46.9 Å². The Kier molecular flexibility index (Phi) is 6.39. The van der Waals surface area contributed by atoms with E-state index < -0.39 is 15.9 Å². The van der Waals surface area contributed by atoms with Crippen molar-refractivity contribution in [3.05, 3.63) is 86.9 Å². The van der Waals surface area contributed by atoms with Crippen molar-refractivity contribution >= 4 is 62.1 Å². The molecule has 0 saturated carbocycles.